The van der Waals surface area contributed by atoms with Crippen LogP contribution in [0.15, 0.2) is 4.52 Å². The lowest BCUT2D eigenvalue weighted by molar-refractivity contribution is 0.274. The zero-order valence-corrected chi connectivity index (χ0v) is 9.09. The topological polar surface area (TPSA) is 38.9 Å². The summed E-state index contributed by atoms with van der Waals surface area (Å²) >= 11 is 0. The van der Waals surface area contributed by atoms with Crippen LogP contribution in [-0.4, -0.2) is 10.1 Å². The number of aryl methyl sites for hydroxylation is 1. The molecule has 1 aromatic heterocycles. The van der Waals surface area contributed by atoms with Crippen LogP contribution in [0.2, 0.25) is 0 Å². The zero-order chi connectivity index (χ0) is 10.1. The third-order valence-corrected chi connectivity index (χ3v) is 2.03. The summed E-state index contributed by atoms with van der Waals surface area (Å²) in [5, 5.41) is 3.80. The maximum absolute atomic E-state index is 5.17. The summed E-state index contributed by atoms with van der Waals surface area (Å²) in [5.41, 5.74) is -0.00454. The highest BCUT2D eigenvalue weighted by Crippen LogP contribution is 2.28. The molecule has 0 aliphatic heterocycles. The zero-order valence-electron chi connectivity index (χ0n) is 9.09. The van der Waals surface area contributed by atoms with Gasteiger partial charge in [-0.2, -0.15) is 4.98 Å². The first-order valence-electron chi connectivity index (χ1n) is 4.72. The van der Waals surface area contributed by atoms with Gasteiger partial charge in [0.2, 0.25) is 5.89 Å². The van der Waals surface area contributed by atoms with Gasteiger partial charge in [-0.15, -0.1) is 0 Å². The van der Waals surface area contributed by atoms with Crippen molar-refractivity contribution in [3.8, 4) is 0 Å². The van der Waals surface area contributed by atoms with Crippen molar-refractivity contribution in [2.75, 3.05) is 0 Å². The molecule has 0 aliphatic carbocycles. The van der Waals surface area contributed by atoms with E-state index in [0.29, 0.717) is 11.7 Å². The van der Waals surface area contributed by atoms with E-state index in [1.807, 2.05) is 6.92 Å². The normalized spacial score (nSPS) is 12.5. The van der Waals surface area contributed by atoms with Gasteiger partial charge in [-0.3, -0.25) is 0 Å². The third kappa shape index (κ3) is 2.54. The van der Waals surface area contributed by atoms with Crippen molar-refractivity contribution in [1.29, 1.82) is 0 Å². The Morgan fingerprint density at radius 1 is 1.38 bits per heavy atom. The van der Waals surface area contributed by atoms with E-state index >= 15 is 0 Å². The molecular formula is C10H18N2O. The molecule has 0 saturated heterocycles. The van der Waals surface area contributed by atoms with E-state index in [1.165, 1.54) is 0 Å². The Morgan fingerprint density at radius 3 is 2.38 bits per heavy atom. The predicted octanol–water partition coefficient (Wildman–Crippen LogP) is 2.70. The SMILES string of the molecule is Cc1noc(C(C)(C)CC(C)C)n1. The standard InChI is InChI=1S/C10H18N2O/c1-7(2)6-10(4,5)9-11-8(3)12-13-9/h7H,6H2,1-5H3. The smallest absolute Gasteiger partial charge is 0.232 e. The molecule has 0 aromatic carbocycles. The molecule has 0 spiro atoms. The van der Waals surface area contributed by atoms with Gasteiger partial charge in [-0.25, -0.2) is 0 Å². The van der Waals surface area contributed by atoms with Gasteiger partial charge in [0.1, 0.15) is 0 Å². The second-order valence-electron chi connectivity index (χ2n) is 4.63. The van der Waals surface area contributed by atoms with E-state index in [0.717, 1.165) is 12.3 Å². The van der Waals surface area contributed by atoms with Crippen LogP contribution in [0.4, 0.5) is 0 Å². The number of hydrogen-bond donors (Lipinski definition) is 0. The number of hydrogen-bond acceptors (Lipinski definition) is 3. The Labute approximate surface area is 79.5 Å². The van der Waals surface area contributed by atoms with Crippen molar-refractivity contribution < 1.29 is 4.52 Å². The van der Waals surface area contributed by atoms with Gasteiger partial charge >= 0.3 is 0 Å². The van der Waals surface area contributed by atoms with Crippen LogP contribution >= 0.6 is 0 Å². The summed E-state index contributed by atoms with van der Waals surface area (Å²) in [6, 6.07) is 0. The van der Waals surface area contributed by atoms with Gasteiger partial charge in [0.05, 0.1) is 0 Å². The maximum atomic E-state index is 5.17. The van der Waals surface area contributed by atoms with Crippen LogP contribution < -0.4 is 0 Å². The Morgan fingerprint density at radius 2 is 2.00 bits per heavy atom. The monoisotopic (exact) mass is 182 g/mol. The Kier molecular flexibility index (Phi) is 2.74. The van der Waals surface area contributed by atoms with Gasteiger partial charge < -0.3 is 4.52 Å². The molecule has 3 nitrogen and oxygen atoms in total. The molecule has 0 atom stereocenters. The lowest BCUT2D eigenvalue weighted by Gasteiger charge is -2.21. The van der Waals surface area contributed by atoms with Crippen molar-refractivity contribution in [3.63, 3.8) is 0 Å². The highest BCUT2D eigenvalue weighted by atomic mass is 16.5. The fourth-order valence-electron chi connectivity index (χ4n) is 1.68. The van der Waals surface area contributed by atoms with Gasteiger partial charge in [0.15, 0.2) is 5.82 Å². The van der Waals surface area contributed by atoms with Crippen LogP contribution in [-0.2, 0) is 5.41 Å². The molecule has 0 unspecified atom stereocenters. The molecule has 0 amide bonds. The second kappa shape index (κ2) is 3.48. The van der Waals surface area contributed by atoms with Crippen molar-refractivity contribution in [1.82, 2.24) is 10.1 Å². The molecule has 0 aliphatic rings. The van der Waals surface area contributed by atoms with E-state index in [4.69, 9.17) is 4.52 Å². The first-order chi connectivity index (χ1) is 5.92. The van der Waals surface area contributed by atoms with Crippen molar-refractivity contribution >= 4 is 0 Å². The minimum absolute atomic E-state index is 0.00454. The van der Waals surface area contributed by atoms with Gasteiger partial charge in [0, 0.05) is 5.41 Å². The number of rotatable bonds is 3. The van der Waals surface area contributed by atoms with Gasteiger partial charge in [0.25, 0.3) is 0 Å². The average molecular weight is 182 g/mol. The average Bonchev–Trinajstić information content (AvgIpc) is 2.32. The molecule has 0 fully saturated rings. The first-order valence-corrected chi connectivity index (χ1v) is 4.72. The summed E-state index contributed by atoms with van der Waals surface area (Å²) in [4.78, 5) is 4.26. The van der Waals surface area contributed by atoms with E-state index < -0.39 is 0 Å². The van der Waals surface area contributed by atoms with E-state index in [9.17, 15) is 0 Å². The van der Waals surface area contributed by atoms with Gasteiger partial charge in [-0.1, -0.05) is 32.9 Å². The lowest BCUT2D eigenvalue weighted by Crippen LogP contribution is -2.20. The molecule has 0 N–H and O–H groups in total. The molecular weight excluding hydrogens is 164 g/mol. The van der Waals surface area contributed by atoms with Crippen LogP contribution in [0, 0.1) is 12.8 Å². The molecule has 0 radical (unpaired) electrons. The predicted molar refractivity (Wildman–Crippen MR) is 51.5 cm³/mol. The molecule has 3 heteroatoms. The van der Waals surface area contributed by atoms with Crippen LogP contribution in [0.1, 0.15) is 45.8 Å². The summed E-state index contributed by atoms with van der Waals surface area (Å²) in [5.74, 6) is 2.10. The summed E-state index contributed by atoms with van der Waals surface area (Å²) in [7, 11) is 0. The lowest BCUT2D eigenvalue weighted by atomic mass is 9.84. The molecule has 1 aromatic rings. The Hall–Kier alpha value is -0.860. The molecule has 74 valence electrons. The highest BCUT2D eigenvalue weighted by molar-refractivity contribution is 5.00. The van der Waals surface area contributed by atoms with Gasteiger partial charge in [-0.05, 0) is 19.3 Å². The van der Waals surface area contributed by atoms with E-state index in [2.05, 4.69) is 37.8 Å². The largest absolute Gasteiger partial charge is 0.339 e. The van der Waals surface area contributed by atoms with Crippen molar-refractivity contribution in [2.45, 2.75) is 46.5 Å². The maximum Gasteiger partial charge on any atom is 0.232 e. The quantitative estimate of drug-likeness (QED) is 0.721. The number of aromatic nitrogens is 2. The Balaban J connectivity index is 2.80. The van der Waals surface area contributed by atoms with Crippen LogP contribution in [0.25, 0.3) is 0 Å². The van der Waals surface area contributed by atoms with Crippen molar-refractivity contribution in [3.05, 3.63) is 11.7 Å². The minimum atomic E-state index is -0.00454. The molecule has 0 bridgehead atoms. The van der Waals surface area contributed by atoms with E-state index in [-0.39, 0.29) is 5.41 Å². The van der Waals surface area contributed by atoms with Crippen molar-refractivity contribution in [2.24, 2.45) is 5.92 Å². The molecule has 1 rings (SSSR count). The Bertz CT molecular complexity index is 276. The minimum Gasteiger partial charge on any atom is -0.339 e. The fraction of sp³-hybridized carbons (Fsp3) is 0.800. The molecule has 13 heavy (non-hydrogen) atoms. The summed E-state index contributed by atoms with van der Waals surface area (Å²) in [6.07, 6.45) is 1.06. The number of nitrogens with zero attached hydrogens (tertiary/aromatic N) is 2. The highest BCUT2D eigenvalue weighted by Gasteiger charge is 2.27. The fourth-order valence-corrected chi connectivity index (χ4v) is 1.68. The van der Waals surface area contributed by atoms with E-state index in [1.54, 1.807) is 0 Å². The molecule has 0 saturated carbocycles. The summed E-state index contributed by atoms with van der Waals surface area (Å²) in [6.45, 7) is 10.5. The van der Waals surface area contributed by atoms with Crippen LogP contribution in [0.3, 0.4) is 0 Å². The molecule has 1 heterocycles. The third-order valence-electron chi connectivity index (χ3n) is 2.03. The first kappa shape index (κ1) is 10.2. The second-order valence-corrected chi connectivity index (χ2v) is 4.63. The van der Waals surface area contributed by atoms with Crippen LogP contribution in [0.5, 0.6) is 0 Å². The summed E-state index contributed by atoms with van der Waals surface area (Å²) < 4.78 is 5.17.